The number of aryl methyl sites for hydroxylation is 1. The molecule has 0 bridgehead atoms. The summed E-state index contributed by atoms with van der Waals surface area (Å²) in [6.07, 6.45) is 2.52. The van der Waals surface area contributed by atoms with Crippen LogP contribution in [0.1, 0.15) is 18.4 Å². The highest BCUT2D eigenvalue weighted by Crippen LogP contribution is 2.18. The van der Waals surface area contributed by atoms with Crippen molar-refractivity contribution in [1.82, 2.24) is 0 Å². The molecule has 1 heterocycles. The minimum atomic E-state index is -0.199. The first kappa shape index (κ1) is 10.4. The Morgan fingerprint density at radius 1 is 1.53 bits per heavy atom. The van der Waals surface area contributed by atoms with E-state index in [1.807, 2.05) is 6.92 Å². The summed E-state index contributed by atoms with van der Waals surface area (Å²) in [7, 11) is 0. The smallest absolute Gasteiger partial charge is 0.125 e. The second-order valence-corrected chi connectivity index (χ2v) is 3.98. The summed E-state index contributed by atoms with van der Waals surface area (Å²) in [4.78, 5) is 0. The van der Waals surface area contributed by atoms with E-state index in [4.69, 9.17) is 4.74 Å². The van der Waals surface area contributed by atoms with Gasteiger partial charge in [-0.3, -0.25) is 0 Å². The number of halogens is 1. The van der Waals surface area contributed by atoms with Gasteiger partial charge in [0.25, 0.3) is 0 Å². The van der Waals surface area contributed by atoms with E-state index in [0.717, 1.165) is 37.2 Å². The summed E-state index contributed by atoms with van der Waals surface area (Å²) >= 11 is 0. The standard InChI is InChI=1S/C12H16FNO/c1-9-4-5-10(13)7-12(9)14-8-11-3-2-6-15-11/h4-5,7,11,14H,2-3,6,8H2,1H3. The van der Waals surface area contributed by atoms with Gasteiger partial charge in [0.1, 0.15) is 5.82 Å². The largest absolute Gasteiger partial charge is 0.382 e. The third-order valence-corrected chi connectivity index (χ3v) is 2.74. The second kappa shape index (κ2) is 4.62. The van der Waals surface area contributed by atoms with Crippen LogP contribution in [0.25, 0.3) is 0 Å². The highest BCUT2D eigenvalue weighted by Gasteiger charge is 2.15. The molecule has 2 rings (SSSR count). The SMILES string of the molecule is Cc1ccc(F)cc1NCC1CCCO1. The molecule has 1 atom stereocenters. The molecule has 1 aromatic rings. The van der Waals surface area contributed by atoms with Crippen LogP contribution in [0, 0.1) is 12.7 Å². The van der Waals surface area contributed by atoms with Crippen molar-refractivity contribution in [3.05, 3.63) is 29.6 Å². The second-order valence-electron chi connectivity index (χ2n) is 3.98. The zero-order valence-electron chi connectivity index (χ0n) is 8.92. The van der Waals surface area contributed by atoms with Crippen molar-refractivity contribution in [2.24, 2.45) is 0 Å². The molecule has 1 saturated heterocycles. The molecule has 0 aromatic heterocycles. The summed E-state index contributed by atoms with van der Waals surface area (Å²) in [5, 5.41) is 3.23. The maximum Gasteiger partial charge on any atom is 0.125 e. The summed E-state index contributed by atoms with van der Waals surface area (Å²) < 4.78 is 18.5. The van der Waals surface area contributed by atoms with Gasteiger partial charge >= 0.3 is 0 Å². The number of anilines is 1. The normalized spacial score (nSPS) is 20.5. The lowest BCUT2D eigenvalue weighted by molar-refractivity contribution is 0.120. The molecule has 1 aliphatic heterocycles. The Bertz CT molecular complexity index is 334. The van der Waals surface area contributed by atoms with Gasteiger partial charge in [0.15, 0.2) is 0 Å². The van der Waals surface area contributed by atoms with Crippen LogP contribution in [0.2, 0.25) is 0 Å². The van der Waals surface area contributed by atoms with Crippen molar-refractivity contribution in [2.45, 2.75) is 25.9 Å². The van der Waals surface area contributed by atoms with Gasteiger partial charge in [-0.05, 0) is 37.5 Å². The quantitative estimate of drug-likeness (QED) is 0.826. The topological polar surface area (TPSA) is 21.3 Å². The first-order valence-corrected chi connectivity index (χ1v) is 5.37. The average Bonchev–Trinajstić information content (AvgIpc) is 2.72. The van der Waals surface area contributed by atoms with Crippen molar-refractivity contribution >= 4 is 5.69 Å². The molecule has 0 aliphatic carbocycles. The lowest BCUT2D eigenvalue weighted by Gasteiger charge is -2.13. The van der Waals surface area contributed by atoms with Crippen LogP contribution in [0.5, 0.6) is 0 Å². The van der Waals surface area contributed by atoms with Crippen LogP contribution in [0.4, 0.5) is 10.1 Å². The van der Waals surface area contributed by atoms with Crippen LogP contribution in [-0.4, -0.2) is 19.3 Å². The Labute approximate surface area is 89.4 Å². The number of nitrogens with one attached hydrogen (secondary N) is 1. The van der Waals surface area contributed by atoms with Crippen LogP contribution >= 0.6 is 0 Å². The molecule has 3 heteroatoms. The maximum absolute atomic E-state index is 13.0. The molecular weight excluding hydrogens is 193 g/mol. The third kappa shape index (κ3) is 2.69. The Balaban J connectivity index is 1.94. The number of hydrogen-bond donors (Lipinski definition) is 1. The number of benzene rings is 1. The predicted octanol–water partition coefficient (Wildman–Crippen LogP) is 2.73. The minimum absolute atomic E-state index is 0.199. The van der Waals surface area contributed by atoms with Crippen molar-refractivity contribution in [2.75, 3.05) is 18.5 Å². The zero-order chi connectivity index (χ0) is 10.7. The van der Waals surface area contributed by atoms with Crippen LogP contribution in [0.15, 0.2) is 18.2 Å². The van der Waals surface area contributed by atoms with Crippen LogP contribution < -0.4 is 5.32 Å². The highest BCUT2D eigenvalue weighted by molar-refractivity contribution is 5.50. The molecule has 0 amide bonds. The molecule has 1 unspecified atom stereocenters. The number of ether oxygens (including phenoxy) is 1. The van der Waals surface area contributed by atoms with Gasteiger partial charge in [0, 0.05) is 18.8 Å². The van der Waals surface area contributed by atoms with E-state index in [1.165, 1.54) is 12.1 Å². The Morgan fingerprint density at radius 3 is 3.13 bits per heavy atom. The third-order valence-electron chi connectivity index (χ3n) is 2.74. The molecule has 0 spiro atoms. The van der Waals surface area contributed by atoms with Gasteiger partial charge in [-0.25, -0.2) is 4.39 Å². The highest BCUT2D eigenvalue weighted by atomic mass is 19.1. The number of hydrogen-bond acceptors (Lipinski definition) is 2. The van der Waals surface area contributed by atoms with E-state index in [9.17, 15) is 4.39 Å². The van der Waals surface area contributed by atoms with Crippen molar-refractivity contribution < 1.29 is 9.13 Å². The molecule has 2 nitrogen and oxygen atoms in total. The molecular formula is C12H16FNO. The summed E-state index contributed by atoms with van der Waals surface area (Å²) in [6, 6.07) is 4.80. The maximum atomic E-state index is 13.0. The van der Waals surface area contributed by atoms with Gasteiger partial charge in [0.05, 0.1) is 6.10 Å². The fourth-order valence-corrected chi connectivity index (χ4v) is 1.81. The zero-order valence-corrected chi connectivity index (χ0v) is 8.92. The summed E-state index contributed by atoms with van der Waals surface area (Å²) in [5.41, 5.74) is 1.93. The molecule has 0 radical (unpaired) electrons. The van der Waals surface area contributed by atoms with Crippen molar-refractivity contribution in [3.63, 3.8) is 0 Å². The predicted molar refractivity (Wildman–Crippen MR) is 58.6 cm³/mol. The first-order valence-electron chi connectivity index (χ1n) is 5.37. The lowest BCUT2D eigenvalue weighted by Crippen LogP contribution is -2.18. The van der Waals surface area contributed by atoms with E-state index < -0.39 is 0 Å². The van der Waals surface area contributed by atoms with E-state index in [0.29, 0.717) is 0 Å². The van der Waals surface area contributed by atoms with Crippen LogP contribution in [0.3, 0.4) is 0 Å². The molecule has 15 heavy (non-hydrogen) atoms. The summed E-state index contributed by atoms with van der Waals surface area (Å²) in [5.74, 6) is -0.199. The number of rotatable bonds is 3. The molecule has 1 fully saturated rings. The van der Waals surface area contributed by atoms with Gasteiger partial charge in [-0.1, -0.05) is 6.07 Å². The molecule has 1 N–H and O–H groups in total. The van der Waals surface area contributed by atoms with Crippen molar-refractivity contribution in [3.8, 4) is 0 Å². The molecule has 1 aliphatic rings. The average molecular weight is 209 g/mol. The fraction of sp³-hybridized carbons (Fsp3) is 0.500. The Kier molecular flexibility index (Phi) is 3.21. The Hall–Kier alpha value is -1.09. The van der Waals surface area contributed by atoms with Gasteiger partial charge in [-0.2, -0.15) is 0 Å². The molecule has 1 aromatic carbocycles. The summed E-state index contributed by atoms with van der Waals surface area (Å²) in [6.45, 7) is 3.59. The van der Waals surface area contributed by atoms with Gasteiger partial charge in [0.2, 0.25) is 0 Å². The molecule has 0 saturated carbocycles. The van der Waals surface area contributed by atoms with Crippen molar-refractivity contribution in [1.29, 1.82) is 0 Å². The van der Waals surface area contributed by atoms with Crippen LogP contribution in [-0.2, 0) is 4.74 Å². The van der Waals surface area contributed by atoms with E-state index in [1.54, 1.807) is 6.07 Å². The van der Waals surface area contributed by atoms with Gasteiger partial charge in [-0.15, -0.1) is 0 Å². The van der Waals surface area contributed by atoms with E-state index in [-0.39, 0.29) is 11.9 Å². The first-order chi connectivity index (χ1) is 7.25. The minimum Gasteiger partial charge on any atom is -0.382 e. The lowest BCUT2D eigenvalue weighted by atomic mass is 10.2. The Morgan fingerprint density at radius 2 is 2.40 bits per heavy atom. The van der Waals surface area contributed by atoms with E-state index >= 15 is 0 Å². The van der Waals surface area contributed by atoms with E-state index in [2.05, 4.69) is 5.32 Å². The van der Waals surface area contributed by atoms with Gasteiger partial charge < -0.3 is 10.1 Å². The monoisotopic (exact) mass is 209 g/mol. The fourth-order valence-electron chi connectivity index (χ4n) is 1.81. The molecule has 82 valence electrons.